The first-order valence-corrected chi connectivity index (χ1v) is 6.15. The molecule has 1 aromatic carbocycles. The van der Waals surface area contributed by atoms with Gasteiger partial charge in [0.1, 0.15) is 5.56 Å². The van der Waals surface area contributed by atoms with Crippen LogP contribution in [0.2, 0.25) is 0 Å². The molecule has 6 nitrogen and oxygen atoms in total. The lowest BCUT2D eigenvalue weighted by Crippen LogP contribution is -2.35. The summed E-state index contributed by atoms with van der Waals surface area (Å²) >= 11 is 0. The average molecular weight is 265 g/mol. The lowest BCUT2D eigenvalue weighted by molar-refractivity contribution is -0.385. The fraction of sp³-hybridized carbons (Fsp3) is 0.462. The summed E-state index contributed by atoms with van der Waals surface area (Å²) in [7, 11) is 3.36. The summed E-state index contributed by atoms with van der Waals surface area (Å²) in [5.74, 6) is -0.335. The zero-order chi connectivity index (χ0) is 14.6. The number of rotatable bonds is 5. The van der Waals surface area contributed by atoms with E-state index < -0.39 is 4.92 Å². The number of nitrogens with zero attached hydrogens (tertiary/aromatic N) is 2. The molecule has 0 aromatic heterocycles. The minimum Gasteiger partial charge on any atom is -0.388 e. The predicted octanol–water partition coefficient (Wildman–Crippen LogP) is 2.51. The maximum atomic E-state index is 12.3. The van der Waals surface area contributed by atoms with Crippen molar-refractivity contribution in [3.05, 3.63) is 33.9 Å². The lowest BCUT2D eigenvalue weighted by atomic mass is 10.1. The van der Waals surface area contributed by atoms with Crippen LogP contribution in [-0.2, 0) is 0 Å². The van der Waals surface area contributed by atoms with Gasteiger partial charge in [0.25, 0.3) is 11.6 Å². The third-order valence-corrected chi connectivity index (χ3v) is 3.28. The van der Waals surface area contributed by atoms with Crippen molar-refractivity contribution in [2.75, 3.05) is 19.4 Å². The maximum absolute atomic E-state index is 12.3. The molecule has 1 unspecified atom stereocenters. The Bertz CT molecular complexity index is 488. The van der Waals surface area contributed by atoms with Gasteiger partial charge in [-0.05, 0) is 25.5 Å². The third-order valence-electron chi connectivity index (χ3n) is 3.28. The molecule has 104 valence electrons. The van der Waals surface area contributed by atoms with E-state index in [4.69, 9.17) is 0 Å². The van der Waals surface area contributed by atoms with Crippen LogP contribution in [0.3, 0.4) is 0 Å². The molecule has 1 N–H and O–H groups in total. The van der Waals surface area contributed by atoms with Crippen LogP contribution in [-0.4, -0.2) is 35.9 Å². The molecular weight excluding hydrogens is 246 g/mol. The van der Waals surface area contributed by atoms with Crippen LogP contribution in [0.5, 0.6) is 0 Å². The molecule has 1 amide bonds. The number of anilines is 1. The van der Waals surface area contributed by atoms with Crippen molar-refractivity contribution in [2.45, 2.75) is 26.3 Å². The first-order valence-electron chi connectivity index (χ1n) is 6.15. The Kier molecular flexibility index (Phi) is 4.86. The van der Waals surface area contributed by atoms with Crippen LogP contribution in [0.1, 0.15) is 30.6 Å². The van der Waals surface area contributed by atoms with E-state index in [1.807, 2.05) is 13.8 Å². The first-order chi connectivity index (χ1) is 8.92. The number of carbonyl (C=O) groups is 1. The van der Waals surface area contributed by atoms with Crippen molar-refractivity contribution in [1.82, 2.24) is 4.90 Å². The number of nitrogens with one attached hydrogen (secondary N) is 1. The maximum Gasteiger partial charge on any atom is 0.282 e. The summed E-state index contributed by atoms with van der Waals surface area (Å²) in [6, 6.07) is 4.48. The second-order valence-electron chi connectivity index (χ2n) is 4.41. The number of hydrogen-bond donors (Lipinski definition) is 1. The molecule has 0 heterocycles. The number of nitro benzene ring substituents is 1. The van der Waals surface area contributed by atoms with E-state index in [0.29, 0.717) is 5.69 Å². The van der Waals surface area contributed by atoms with E-state index in [-0.39, 0.29) is 23.2 Å². The van der Waals surface area contributed by atoms with Gasteiger partial charge in [0.2, 0.25) is 0 Å². The summed E-state index contributed by atoms with van der Waals surface area (Å²) in [6.07, 6.45) is 0.793. The second kappa shape index (κ2) is 6.17. The van der Waals surface area contributed by atoms with Crippen LogP contribution in [0, 0.1) is 10.1 Å². The highest BCUT2D eigenvalue weighted by Crippen LogP contribution is 2.24. The van der Waals surface area contributed by atoms with Gasteiger partial charge in [0, 0.05) is 31.9 Å². The van der Waals surface area contributed by atoms with Gasteiger partial charge in [0.15, 0.2) is 0 Å². The number of amides is 1. The van der Waals surface area contributed by atoms with E-state index in [2.05, 4.69) is 5.32 Å². The van der Waals surface area contributed by atoms with Crippen molar-refractivity contribution in [2.24, 2.45) is 0 Å². The van der Waals surface area contributed by atoms with Gasteiger partial charge in [-0.15, -0.1) is 0 Å². The van der Waals surface area contributed by atoms with Crippen molar-refractivity contribution in [1.29, 1.82) is 0 Å². The van der Waals surface area contributed by atoms with Crippen molar-refractivity contribution in [3.63, 3.8) is 0 Å². The molecule has 0 bridgehead atoms. The highest BCUT2D eigenvalue weighted by Gasteiger charge is 2.25. The molecule has 19 heavy (non-hydrogen) atoms. The van der Waals surface area contributed by atoms with Gasteiger partial charge in [-0.2, -0.15) is 0 Å². The van der Waals surface area contributed by atoms with Gasteiger partial charge >= 0.3 is 0 Å². The SMILES string of the molecule is CCC(C)N(C)C(=O)c1cc(NC)ccc1[N+](=O)[O-]. The van der Waals surface area contributed by atoms with Gasteiger partial charge in [0.05, 0.1) is 4.92 Å². The monoisotopic (exact) mass is 265 g/mol. The Labute approximate surface area is 112 Å². The highest BCUT2D eigenvalue weighted by atomic mass is 16.6. The fourth-order valence-electron chi connectivity index (χ4n) is 1.69. The van der Waals surface area contributed by atoms with Crippen molar-refractivity contribution >= 4 is 17.3 Å². The zero-order valence-electron chi connectivity index (χ0n) is 11.6. The number of benzene rings is 1. The van der Waals surface area contributed by atoms with E-state index in [0.717, 1.165) is 6.42 Å². The van der Waals surface area contributed by atoms with Crippen LogP contribution in [0.4, 0.5) is 11.4 Å². The molecule has 1 atom stereocenters. The molecule has 1 aromatic rings. The smallest absolute Gasteiger partial charge is 0.282 e. The molecule has 0 fully saturated rings. The molecule has 0 saturated heterocycles. The van der Waals surface area contributed by atoms with Crippen LogP contribution < -0.4 is 5.32 Å². The van der Waals surface area contributed by atoms with Gasteiger partial charge in [-0.25, -0.2) is 0 Å². The van der Waals surface area contributed by atoms with Crippen LogP contribution in [0.15, 0.2) is 18.2 Å². The van der Waals surface area contributed by atoms with Crippen LogP contribution >= 0.6 is 0 Å². The summed E-state index contributed by atoms with van der Waals surface area (Å²) < 4.78 is 0. The first kappa shape index (κ1) is 14.9. The molecule has 0 spiro atoms. The van der Waals surface area contributed by atoms with E-state index in [1.54, 1.807) is 20.2 Å². The summed E-state index contributed by atoms with van der Waals surface area (Å²) in [5.41, 5.74) is 0.616. The number of hydrogen-bond acceptors (Lipinski definition) is 4. The second-order valence-corrected chi connectivity index (χ2v) is 4.41. The van der Waals surface area contributed by atoms with Crippen LogP contribution in [0.25, 0.3) is 0 Å². The Morgan fingerprint density at radius 3 is 2.63 bits per heavy atom. The average Bonchev–Trinajstić information content (AvgIpc) is 2.43. The molecule has 1 rings (SSSR count). The fourth-order valence-corrected chi connectivity index (χ4v) is 1.69. The minimum absolute atomic E-state index is 0.0327. The van der Waals surface area contributed by atoms with Gasteiger partial charge in [-0.3, -0.25) is 14.9 Å². The normalized spacial score (nSPS) is 11.8. The highest BCUT2D eigenvalue weighted by molar-refractivity contribution is 5.99. The summed E-state index contributed by atoms with van der Waals surface area (Å²) in [6.45, 7) is 3.87. The Morgan fingerprint density at radius 2 is 2.16 bits per heavy atom. The third kappa shape index (κ3) is 3.21. The molecular formula is C13H19N3O3. The minimum atomic E-state index is -0.531. The largest absolute Gasteiger partial charge is 0.388 e. The Hall–Kier alpha value is -2.11. The molecule has 0 radical (unpaired) electrons. The Balaban J connectivity index is 3.23. The van der Waals surface area contributed by atoms with E-state index in [9.17, 15) is 14.9 Å². The van der Waals surface area contributed by atoms with Gasteiger partial charge < -0.3 is 10.2 Å². The molecule has 0 aliphatic carbocycles. The lowest BCUT2D eigenvalue weighted by Gasteiger charge is -2.23. The predicted molar refractivity (Wildman–Crippen MR) is 74.5 cm³/mol. The molecule has 0 aliphatic rings. The van der Waals surface area contributed by atoms with Gasteiger partial charge in [-0.1, -0.05) is 6.92 Å². The summed E-state index contributed by atoms with van der Waals surface area (Å²) in [4.78, 5) is 24.3. The standard InChI is InChI=1S/C13H19N3O3/c1-5-9(2)15(4)13(17)11-8-10(14-3)6-7-12(11)16(18)19/h6-9,14H,5H2,1-4H3. The van der Waals surface area contributed by atoms with E-state index in [1.165, 1.54) is 17.0 Å². The van der Waals surface area contributed by atoms with Crippen molar-refractivity contribution in [3.8, 4) is 0 Å². The Morgan fingerprint density at radius 1 is 1.53 bits per heavy atom. The summed E-state index contributed by atoms with van der Waals surface area (Å²) in [5, 5.41) is 13.9. The molecule has 6 heteroatoms. The van der Waals surface area contributed by atoms with Crippen molar-refractivity contribution < 1.29 is 9.72 Å². The molecule has 0 saturated carbocycles. The quantitative estimate of drug-likeness (QED) is 0.655. The topological polar surface area (TPSA) is 75.5 Å². The molecule has 0 aliphatic heterocycles. The number of carbonyl (C=O) groups excluding carboxylic acids is 1. The zero-order valence-corrected chi connectivity index (χ0v) is 11.6. The van der Waals surface area contributed by atoms with E-state index >= 15 is 0 Å². The number of nitro groups is 1.